The minimum atomic E-state index is -0.900. The summed E-state index contributed by atoms with van der Waals surface area (Å²) in [5.74, 6) is -0.442. The topological polar surface area (TPSA) is 107 Å². The van der Waals surface area contributed by atoms with Crippen LogP contribution in [-0.4, -0.2) is 41.3 Å². The van der Waals surface area contributed by atoms with Gasteiger partial charge in [0, 0.05) is 12.4 Å². The van der Waals surface area contributed by atoms with Gasteiger partial charge in [-0.2, -0.15) is 0 Å². The second-order valence-corrected chi connectivity index (χ2v) is 3.52. The molecule has 0 saturated carbocycles. The number of carbonyl (C=O) groups is 1. The van der Waals surface area contributed by atoms with Crippen LogP contribution in [0.15, 0.2) is 18.7 Å². The highest BCUT2D eigenvalue weighted by molar-refractivity contribution is 5.67. The monoisotopic (exact) mass is 234 g/mol. The van der Waals surface area contributed by atoms with Gasteiger partial charge in [0.25, 0.3) is 0 Å². The maximum Gasteiger partial charge on any atom is 0.305 e. The summed E-state index contributed by atoms with van der Waals surface area (Å²) in [4.78, 5) is 18.4. The van der Waals surface area contributed by atoms with Crippen LogP contribution in [-0.2, 0) is 4.79 Å². The number of aromatic nitrogens is 6. The van der Waals surface area contributed by atoms with Crippen molar-refractivity contribution in [3.8, 4) is 11.4 Å². The smallest absolute Gasteiger partial charge is 0.305 e. The van der Waals surface area contributed by atoms with Crippen molar-refractivity contribution in [2.45, 2.75) is 19.4 Å². The highest BCUT2D eigenvalue weighted by atomic mass is 16.4. The molecule has 0 saturated heterocycles. The van der Waals surface area contributed by atoms with E-state index in [-0.39, 0.29) is 12.5 Å². The zero-order valence-corrected chi connectivity index (χ0v) is 9.06. The van der Waals surface area contributed by atoms with Crippen LogP contribution in [0, 0.1) is 0 Å². The lowest BCUT2D eigenvalue weighted by Crippen LogP contribution is -2.13. The first-order valence-corrected chi connectivity index (χ1v) is 4.93. The Morgan fingerprint density at radius 3 is 2.82 bits per heavy atom. The van der Waals surface area contributed by atoms with E-state index in [1.165, 1.54) is 11.0 Å². The van der Waals surface area contributed by atoms with E-state index in [4.69, 9.17) is 5.11 Å². The lowest BCUT2D eigenvalue weighted by Gasteiger charge is -2.10. The van der Waals surface area contributed by atoms with Gasteiger partial charge in [0.15, 0.2) is 5.82 Å². The Bertz CT molecular complexity index is 511. The van der Waals surface area contributed by atoms with E-state index in [2.05, 4.69) is 25.5 Å². The number of hydrogen-bond acceptors (Lipinski definition) is 6. The molecule has 0 aromatic carbocycles. The van der Waals surface area contributed by atoms with E-state index >= 15 is 0 Å². The number of tetrazole rings is 1. The molecular weight excluding hydrogens is 224 g/mol. The summed E-state index contributed by atoms with van der Waals surface area (Å²) in [5.41, 5.74) is 0.648. The molecule has 2 heterocycles. The number of aliphatic carboxylic acids is 1. The van der Waals surface area contributed by atoms with Crippen molar-refractivity contribution in [1.82, 2.24) is 30.2 Å². The first kappa shape index (κ1) is 11.1. The van der Waals surface area contributed by atoms with E-state index in [1.54, 1.807) is 19.3 Å². The quantitative estimate of drug-likeness (QED) is 0.803. The van der Waals surface area contributed by atoms with Gasteiger partial charge >= 0.3 is 5.97 Å². The van der Waals surface area contributed by atoms with Gasteiger partial charge in [-0.15, -0.1) is 5.10 Å². The normalized spacial score (nSPS) is 12.3. The number of hydrogen-bond donors (Lipinski definition) is 1. The molecule has 2 aromatic heterocycles. The molecule has 1 atom stereocenters. The Labute approximate surface area is 96.3 Å². The van der Waals surface area contributed by atoms with Crippen LogP contribution in [0.1, 0.15) is 19.4 Å². The molecule has 1 unspecified atom stereocenters. The zero-order chi connectivity index (χ0) is 12.3. The average Bonchev–Trinajstić information content (AvgIpc) is 2.78. The third kappa shape index (κ3) is 2.41. The Morgan fingerprint density at radius 2 is 2.18 bits per heavy atom. The Kier molecular flexibility index (Phi) is 3.03. The third-order valence-corrected chi connectivity index (χ3v) is 2.20. The summed E-state index contributed by atoms with van der Waals surface area (Å²) >= 11 is 0. The summed E-state index contributed by atoms with van der Waals surface area (Å²) in [6.45, 7) is 1.73. The number of rotatable bonds is 4. The molecule has 0 amide bonds. The van der Waals surface area contributed by atoms with Gasteiger partial charge in [-0.1, -0.05) is 0 Å². The van der Waals surface area contributed by atoms with Crippen molar-refractivity contribution >= 4 is 5.97 Å². The lowest BCUT2D eigenvalue weighted by atomic mass is 10.2. The van der Waals surface area contributed by atoms with Gasteiger partial charge in [-0.3, -0.25) is 4.79 Å². The molecule has 2 rings (SSSR count). The average molecular weight is 234 g/mol. The van der Waals surface area contributed by atoms with Crippen molar-refractivity contribution in [2.75, 3.05) is 0 Å². The lowest BCUT2D eigenvalue weighted by molar-refractivity contribution is -0.137. The summed E-state index contributed by atoms with van der Waals surface area (Å²) in [6.07, 6.45) is 4.50. The molecule has 88 valence electrons. The summed E-state index contributed by atoms with van der Waals surface area (Å²) in [6, 6.07) is -0.335. The van der Waals surface area contributed by atoms with Crippen LogP contribution in [0.25, 0.3) is 11.4 Å². The van der Waals surface area contributed by atoms with E-state index in [0.717, 1.165) is 0 Å². The van der Waals surface area contributed by atoms with Crippen LogP contribution in [0.2, 0.25) is 0 Å². The fraction of sp³-hybridized carbons (Fsp3) is 0.333. The van der Waals surface area contributed by atoms with E-state index in [1.807, 2.05) is 0 Å². The molecule has 0 fully saturated rings. The summed E-state index contributed by atoms with van der Waals surface area (Å²) < 4.78 is 1.45. The molecule has 0 aliphatic carbocycles. The molecule has 8 heteroatoms. The third-order valence-electron chi connectivity index (χ3n) is 2.20. The van der Waals surface area contributed by atoms with Crippen LogP contribution in [0.4, 0.5) is 0 Å². The van der Waals surface area contributed by atoms with Crippen molar-refractivity contribution in [2.24, 2.45) is 0 Å². The van der Waals surface area contributed by atoms with Crippen LogP contribution in [0.5, 0.6) is 0 Å². The van der Waals surface area contributed by atoms with Gasteiger partial charge in [0.1, 0.15) is 6.33 Å². The second kappa shape index (κ2) is 4.64. The van der Waals surface area contributed by atoms with E-state index in [0.29, 0.717) is 11.4 Å². The summed E-state index contributed by atoms with van der Waals surface area (Å²) in [7, 11) is 0. The SMILES string of the molecule is CC(CC(=O)O)n1nnnc1-c1cncnc1. The molecule has 17 heavy (non-hydrogen) atoms. The van der Waals surface area contributed by atoms with Gasteiger partial charge in [0.05, 0.1) is 18.0 Å². The molecule has 2 aromatic rings. The molecule has 1 N–H and O–H groups in total. The molecular formula is C9H10N6O2. The van der Waals surface area contributed by atoms with Crippen molar-refractivity contribution in [1.29, 1.82) is 0 Å². The maximum absolute atomic E-state index is 10.6. The van der Waals surface area contributed by atoms with E-state index in [9.17, 15) is 4.79 Å². The molecule has 0 bridgehead atoms. The van der Waals surface area contributed by atoms with Crippen molar-refractivity contribution < 1.29 is 9.90 Å². The Balaban J connectivity index is 2.32. The Morgan fingerprint density at radius 1 is 1.47 bits per heavy atom. The Hall–Kier alpha value is -2.38. The first-order chi connectivity index (χ1) is 8.18. The highest BCUT2D eigenvalue weighted by Gasteiger charge is 2.17. The fourth-order valence-electron chi connectivity index (χ4n) is 1.43. The van der Waals surface area contributed by atoms with Gasteiger partial charge in [-0.25, -0.2) is 14.6 Å². The molecule has 0 aliphatic heterocycles. The zero-order valence-electron chi connectivity index (χ0n) is 9.06. The van der Waals surface area contributed by atoms with Gasteiger partial charge < -0.3 is 5.11 Å². The molecule has 8 nitrogen and oxygen atoms in total. The highest BCUT2D eigenvalue weighted by Crippen LogP contribution is 2.18. The predicted octanol–water partition coefficient (Wildman–Crippen LogP) is 0.166. The standard InChI is InChI=1S/C9H10N6O2/c1-6(2-8(16)17)15-9(12-13-14-15)7-3-10-5-11-4-7/h3-6H,2H2,1H3,(H,16,17). The minimum Gasteiger partial charge on any atom is -0.481 e. The molecule has 0 aliphatic rings. The maximum atomic E-state index is 10.6. The fourth-order valence-corrected chi connectivity index (χ4v) is 1.43. The van der Waals surface area contributed by atoms with Crippen LogP contribution >= 0.6 is 0 Å². The second-order valence-electron chi connectivity index (χ2n) is 3.52. The molecule has 0 spiro atoms. The minimum absolute atomic E-state index is 0.0499. The summed E-state index contributed by atoms with van der Waals surface area (Å²) in [5, 5.41) is 19.9. The van der Waals surface area contributed by atoms with Crippen molar-refractivity contribution in [3.05, 3.63) is 18.7 Å². The largest absolute Gasteiger partial charge is 0.481 e. The number of carboxylic acids is 1. The van der Waals surface area contributed by atoms with Crippen molar-refractivity contribution in [3.63, 3.8) is 0 Å². The first-order valence-electron chi connectivity index (χ1n) is 4.93. The number of nitrogens with zero attached hydrogens (tertiary/aromatic N) is 6. The van der Waals surface area contributed by atoms with Crippen LogP contribution < -0.4 is 0 Å². The van der Waals surface area contributed by atoms with E-state index < -0.39 is 5.97 Å². The van der Waals surface area contributed by atoms with Gasteiger partial charge in [0.2, 0.25) is 0 Å². The number of carboxylic acid groups (broad SMARTS) is 1. The van der Waals surface area contributed by atoms with Crippen LogP contribution in [0.3, 0.4) is 0 Å². The van der Waals surface area contributed by atoms with Gasteiger partial charge in [-0.05, 0) is 17.4 Å². The predicted molar refractivity (Wildman–Crippen MR) is 55.8 cm³/mol. The molecule has 0 radical (unpaired) electrons.